The minimum Gasteiger partial charge on any atom is -0.491 e. The van der Waals surface area contributed by atoms with E-state index in [1.165, 1.54) is 0 Å². The molecule has 5 heteroatoms. The van der Waals surface area contributed by atoms with Gasteiger partial charge in [-0.15, -0.1) is 12.4 Å². The third-order valence-electron chi connectivity index (χ3n) is 3.43. The molecule has 4 nitrogen and oxygen atoms in total. The minimum absolute atomic E-state index is 0. The Hall–Kier alpha value is -0.810. The largest absolute Gasteiger partial charge is 0.491 e. The molecular weight excluding hydrogens is 278 g/mol. The molecule has 2 rings (SSSR count). The van der Waals surface area contributed by atoms with Gasteiger partial charge in [0.05, 0.1) is 13.2 Å². The van der Waals surface area contributed by atoms with Crippen LogP contribution in [0, 0.1) is 0 Å². The van der Waals surface area contributed by atoms with Crippen molar-refractivity contribution < 1.29 is 14.6 Å². The second kappa shape index (κ2) is 7.84. The van der Waals surface area contributed by atoms with Crippen molar-refractivity contribution in [3.63, 3.8) is 0 Å². The average molecular weight is 302 g/mol. The van der Waals surface area contributed by atoms with Crippen LogP contribution in [0.15, 0.2) is 30.3 Å². The molecule has 1 aliphatic rings. The molecule has 0 aromatic heterocycles. The maximum absolute atomic E-state index is 10.1. The molecule has 1 aromatic carbocycles. The summed E-state index contributed by atoms with van der Waals surface area (Å²) in [6.45, 7) is 7.50. The standard InChI is InChI=1S/C15H23NO3.ClH/c1-15(2)12-18-9-8-16(15)10-13(17)11-19-14-6-4-3-5-7-14;/h3-7,13,17H,8-12H2,1-2H3;1H. The fourth-order valence-electron chi connectivity index (χ4n) is 2.25. The first-order valence-corrected chi connectivity index (χ1v) is 6.77. The second-order valence-corrected chi connectivity index (χ2v) is 5.59. The van der Waals surface area contributed by atoms with E-state index in [0.717, 1.165) is 18.9 Å². The van der Waals surface area contributed by atoms with Gasteiger partial charge in [0.2, 0.25) is 0 Å². The number of β-amino-alcohol motifs (C(OH)–C–C–N with tert-alkyl or cyclic N) is 1. The lowest BCUT2D eigenvalue weighted by atomic mass is 10.0. The Bertz CT molecular complexity index is 386. The molecule has 0 amide bonds. The molecule has 1 aromatic rings. The van der Waals surface area contributed by atoms with E-state index < -0.39 is 6.10 Å². The first kappa shape index (κ1) is 17.2. The first-order valence-electron chi connectivity index (χ1n) is 6.77. The Morgan fingerprint density at radius 2 is 2.05 bits per heavy atom. The maximum Gasteiger partial charge on any atom is 0.119 e. The maximum atomic E-state index is 10.1. The molecule has 1 atom stereocenters. The molecule has 0 bridgehead atoms. The quantitative estimate of drug-likeness (QED) is 0.903. The monoisotopic (exact) mass is 301 g/mol. The van der Waals surface area contributed by atoms with Gasteiger partial charge in [0.1, 0.15) is 18.5 Å². The molecule has 0 radical (unpaired) electrons. The van der Waals surface area contributed by atoms with Gasteiger partial charge >= 0.3 is 0 Å². The van der Waals surface area contributed by atoms with Gasteiger partial charge in [0.15, 0.2) is 0 Å². The highest BCUT2D eigenvalue weighted by Gasteiger charge is 2.31. The van der Waals surface area contributed by atoms with Crippen LogP contribution in [-0.4, -0.2) is 54.6 Å². The number of aliphatic hydroxyl groups is 1. The SMILES string of the molecule is CC1(C)COCCN1CC(O)COc1ccccc1.Cl. The molecule has 0 aliphatic carbocycles. The van der Waals surface area contributed by atoms with Gasteiger partial charge in [0, 0.05) is 18.6 Å². The van der Waals surface area contributed by atoms with Crippen LogP contribution in [0.3, 0.4) is 0 Å². The molecule has 1 heterocycles. The third-order valence-corrected chi connectivity index (χ3v) is 3.43. The number of aliphatic hydroxyl groups excluding tert-OH is 1. The van der Waals surface area contributed by atoms with Gasteiger partial charge in [-0.05, 0) is 26.0 Å². The Balaban J connectivity index is 0.00000200. The summed E-state index contributed by atoms with van der Waals surface area (Å²) < 4.78 is 11.0. The number of nitrogens with zero attached hydrogens (tertiary/aromatic N) is 1. The van der Waals surface area contributed by atoms with Crippen LogP contribution in [-0.2, 0) is 4.74 Å². The van der Waals surface area contributed by atoms with E-state index in [4.69, 9.17) is 9.47 Å². The summed E-state index contributed by atoms with van der Waals surface area (Å²) in [6.07, 6.45) is -0.488. The Morgan fingerprint density at radius 3 is 2.70 bits per heavy atom. The fourth-order valence-corrected chi connectivity index (χ4v) is 2.25. The van der Waals surface area contributed by atoms with E-state index in [-0.39, 0.29) is 17.9 Å². The van der Waals surface area contributed by atoms with Crippen molar-refractivity contribution in [3.05, 3.63) is 30.3 Å². The molecule has 1 unspecified atom stereocenters. The Morgan fingerprint density at radius 1 is 1.35 bits per heavy atom. The number of rotatable bonds is 5. The lowest BCUT2D eigenvalue weighted by Crippen LogP contribution is -2.55. The zero-order valence-corrected chi connectivity index (χ0v) is 12.9. The zero-order valence-electron chi connectivity index (χ0n) is 12.1. The van der Waals surface area contributed by atoms with Crippen LogP contribution < -0.4 is 4.74 Å². The van der Waals surface area contributed by atoms with Crippen LogP contribution in [0.25, 0.3) is 0 Å². The number of benzene rings is 1. The number of hydrogen-bond donors (Lipinski definition) is 1. The Kier molecular flexibility index (Phi) is 6.76. The van der Waals surface area contributed by atoms with Crippen molar-refractivity contribution in [3.8, 4) is 5.75 Å². The van der Waals surface area contributed by atoms with Gasteiger partial charge in [0.25, 0.3) is 0 Å². The molecule has 1 fully saturated rings. The Labute approximate surface area is 127 Å². The molecule has 1 aliphatic heterocycles. The highest BCUT2D eigenvalue weighted by Crippen LogP contribution is 2.19. The van der Waals surface area contributed by atoms with Crippen molar-refractivity contribution in [1.82, 2.24) is 4.90 Å². The van der Waals surface area contributed by atoms with Crippen LogP contribution >= 0.6 is 12.4 Å². The summed E-state index contributed by atoms with van der Waals surface area (Å²) in [4.78, 5) is 2.26. The summed E-state index contributed by atoms with van der Waals surface area (Å²) in [7, 11) is 0. The number of ether oxygens (including phenoxy) is 2. The predicted molar refractivity (Wildman–Crippen MR) is 81.7 cm³/mol. The molecular formula is C15H24ClNO3. The van der Waals surface area contributed by atoms with E-state index in [1.54, 1.807) is 0 Å². The highest BCUT2D eigenvalue weighted by molar-refractivity contribution is 5.85. The fraction of sp³-hybridized carbons (Fsp3) is 0.600. The van der Waals surface area contributed by atoms with Crippen LogP contribution in [0.1, 0.15) is 13.8 Å². The summed E-state index contributed by atoms with van der Waals surface area (Å²) in [5.41, 5.74) is -0.0218. The topological polar surface area (TPSA) is 41.9 Å². The molecule has 0 saturated carbocycles. The van der Waals surface area contributed by atoms with Crippen LogP contribution in [0.5, 0.6) is 5.75 Å². The van der Waals surface area contributed by atoms with Crippen molar-refractivity contribution in [2.24, 2.45) is 0 Å². The van der Waals surface area contributed by atoms with Crippen molar-refractivity contribution in [2.75, 3.05) is 32.9 Å². The highest BCUT2D eigenvalue weighted by atomic mass is 35.5. The van der Waals surface area contributed by atoms with E-state index in [9.17, 15) is 5.11 Å². The van der Waals surface area contributed by atoms with Gasteiger partial charge in [-0.3, -0.25) is 4.90 Å². The van der Waals surface area contributed by atoms with E-state index in [1.807, 2.05) is 30.3 Å². The summed E-state index contributed by atoms with van der Waals surface area (Å²) in [5.74, 6) is 0.794. The number of halogens is 1. The van der Waals surface area contributed by atoms with E-state index >= 15 is 0 Å². The summed E-state index contributed by atoms with van der Waals surface area (Å²) >= 11 is 0. The van der Waals surface area contributed by atoms with Gasteiger partial charge in [-0.25, -0.2) is 0 Å². The van der Waals surface area contributed by atoms with Crippen LogP contribution in [0.4, 0.5) is 0 Å². The minimum atomic E-state index is -0.488. The molecule has 1 N–H and O–H groups in total. The van der Waals surface area contributed by atoms with Gasteiger partial charge < -0.3 is 14.6 Å². The van der Waals surface area contributed by atoms with Crippen molar-refractivity contribution in [2.45, 2.75) is 25.5 Å². The first-order chi connectivity index (χ1) is 9.08. The third kappa shape index (κ3) is 4.94. The lowest BCUT2D eigenvalue weighted by Gasteiger charge is -2.42. The normalized spacial score (nSPS) is 19.9. The number of morpholine rings is 1. The molecule has 114 valence electrons. The lowest BCUT2D eigenvalue weighted by molar-refractivity contribution is -0.0703. The van der Waals surface area contributed by atoms with Gasteiger partial charge in [-0.1, -0.05) is 18.2 Å². The second-order valence-electron chi connectivity index (χ2n) is 5.59. The number of hydrogen-bond acceptors (Lipinski definition) is 4. The average Bonchev–Trinajstić information content (AvgIpc) is 2.40. The molecule has 0 spiro atoms. The van der Waals surface area contributed by atoms with Crippen LogP contribution in [0.2, 0.25) is 0 Å². The predicted octanol–water partition coefficient (Wildman–Crippen LogP) is 1.96. The van der Waals surface area contributed by atoms with Gasteiger partial charge in [-0.2, -0.15) is 0 Å². The smallest absolute Gasteiger partial charge is 0.119 e. The zero-order chi connectivity index (χ0) is 13.7. The van der Waals surface area contributed by atoms with E-state index in [0.29, 0.717) is 19.8 Å². The summed E-state index contributed by atoms with van der Waals surface area (Å²) in [6, 6.07) is 9.58. The molecule has 1 saturated heterocycles. The van der Waals surface area contributed by atoms with Crippen molar-refractivity contribution >= 4 is 12.4 Å². The van der Waals surface area contributed by atoms with Crippen molar-refractivity contribution in [1.29, 1.82) is 0 Å². The van der Waals surface area contributed by atoms with E-state index in [2.05, 4.69) is 18.7 Å². The molecule has 20 heavy (non-hydrogen) atoms. The number of para-hydroxylation sites is 1. The summed E-state index contributed by atoms with van der Waals surface area (Å²) in [5, 5.41) is 10.1.